The van der Waals surface area contributed by atoms with Crippen LogP contribution >= 0.6 is 22.6 Å². The highest BCUT2D eigenvalue weighted by Gasteiger charge is 2.30. The highest BCUT2D eigenvalue weighted by molar-refractivity contribution is 14.1. The van der Waals surface area contributed by atoms with Gasteiger partial charge in [0.05, 0.1) is 0 Å². The summed E-state index contributed by atoms with van der Waals surface area (Å²) in [7, 11) is 0. The Kier molecular flexibility index (Phi) is 14.5. The number of carbonyl (C=O) groups excluding carboxylic acids is 3. The molecule has 9 nitrogen and oxygen atoms in total. The van der Waals surface area contributed by atoms with Crippen molar-refractivity contribution in [2.45, 2.75) is 71.1 Å². The Morgan fingerprint density at radius 3 is 1.74 bits per heavy atom. The van der Waals surface area contributed by atoms with Crippen LogP contribution in [0.1, 0.15) is 48.6 Å². The molecule has 0 aromatic heterocycles. The third kappa shape index (κ3) is 13.2. The second kappa shape index (κ2) is 19.6. The largest absolute Gasteiger partial charge is 0.489 e. The van der Waals surface area contributed by atoms with Gasteiger partial charge in [-0.2, -0.15) is 0 Å². The first-order valence-corrected chi connectivity index (χ1v) is 18.8. The fourth-order valence-corrected chi connectivity index (χ4v) is 6.01. The summed E-state index contributed by atoms with van der Waals surface area (Å²) in [6, 6.07) is 39.7. The first-order valence-electron chi connectivity index (χ1n) is 17.7. The fraction of sp³-hybridized carbons (Fsp3) is 0.250. The van der Waals surface area contributed by atoms with Crippen LogP contribution in [0.25, 0.3) is 0 Å². The van der Waals surface area contributed by atoms with Gasteiger partial charge in [0.15, 0.2) is 0 Å². The van der Waals surface area contributed by atoms with Gasteiger partial charge >= 0.3 is 12.1 Å². The number of ether oxygens (including phenoxy) is 4. The maximum absolute atomic E-state index is 14.2. The van der Waals surface area contributed by atoms with E-state index in [0.717, 1.165) is 25.8 Å². The third-order valence-electron chi connectivity index (χ3n) is 8.13. The van der Waals surface area contributed by atoms with Gasteiger partial charge in [-0.25, -0.2) is 9.59 Å². The summed E-state index contributed by atoms with van der Waals surface area (Å²) < 4.78 is 24.3. The van der Waals surface area contributed by atoms with E-state index in [9.17, 15) is 14.4 Å². The Hall–Kier alpha value is -5.36. The highest BCUT2D eigenvalue weighted by Crippen LogP contribution is 2.25. The van der Waals surface area contributed by atoms with E-state index in [1.165, 1.54) is 0 Å². The van der Waals surface area contributed by atoms with Crippen LogP contribution < -0.4 is 20.1 Å². The van der Waals surface area contributed by atoms with E-state index in [-0.39, 0.29) is 19.4 Å². The summed E-state index contributed by atoms with van der Waals surface area (Å²) >= 11 is 2.20. The topological polar surface area (TPSA) is 112 Å². The zero-order valence-electron chi connectivity index (χ0n) is 30.6. The van der Waals surface area contributed by atoms with Crippen molar-refractivity contribution in [3.63, 3.8) is 0 Å². The molecule has 0 saturated heterocycles. The monoisotopic (exact) mass is 840 g/mol. The van der Waals surface area contributed by atoms with Crippen molar-refractivity contribution in [3.8, 4) is 11.5 Å². The van der Waals surface area contributed by atoms with E-state index in [4.69, 9.17) is 18.9 Å². The summed E-state index contributed by atoms with van der Waals surface area (Å²) in [6.45, 7) is 5.99. The smallest absolute Gasteiger partial charge is 0.408 e. The van der Waals surface area contributed by atoms with E-state index in [2.05, 4.69) is 33.2 Å². The van der Waals surface area contributed by atoms with Crippen molar-refractivity contribution in [2.75, 3.05) is 0 Å². The Morgan fingerprint density at radius 1 is 0.611 bits per heavy atom. The van der Waals surface area contributed by atoms with Crippen molar-refractivity contribution in [1.29, 1.82) is 0 Å². The quantitative estimate of drug-likeness (QED) is 0.0759. The average Bonchev–Trinajstić information content (AvgIpc) is 3.16. The molecule has 0 aliphatic rings. The number of esters is 1. The molecule has 0 aliphatic carbocycles. The Bertz CT molecular complexity index is 1950. The van der Waals surface area contributed by atoms with Crippen LogP contribution in [-0.2, 0) is 51.7 Å². The number of benzene rings is 5. The molecule has 5 aromatic rings. The van der Waals surface area contributed by atoms with E-state index in [0.29, 0.717) is 30.3 Å². The number of halogens is 1. The third-order valence-corrected chi connectivity index (χ3v) is 8.80. The summed E-state index contributed by atoms with van der Waals surface area (Å²) in [5.74, 6) is 0.0303. The average molecular weight is 841 g/mol. The molecule has 0 spiro atoms. The fourth-order valence-electron chi connectivity index (χ4n) is 5.46. The highest BCUT2D eigenvalue weighted by atomic mass is 127. The molecule has 2 atom stereocenters. The van der Waals surface area contributed by atoms with Crippen LogP contribution in [-0.4, -0.2) is 35.7 Å². The van der Waals surface area contributed by atoms with Crippen LogP contribution in [0.4, 0.5) is 4.79 Å². The molecule has 280 valence electrons. The van der Waals surface area contributed by atoms with Crippen molar-refractivity contribution < 1.29 is 33.3 Å². The Balaban J connectivity index is 1.36. The van der Waals surface area contributed by atoms with Crippen molar-refractivity contribution in [3.05, 3.63) is 165 Å². The number of carbonyl (C=O) groups is 3. The Labute approximate surface area is 330 Å². The van der Waals surface area contributed by atoms with Crippen molar-refractivity contribution >= 4 is 40.6 Å². The standard InChI is InChI=1S/C44H45IN2O7/c1-44(2,3)54-43(50)47-38(27-35-26-36(45)21-24-40(35)52-29-33-15-9-5-10-16-33)41(48)46-39(42(49)53-30-34-17-11-6-12-18-34)25-31-19-22-37(23-20-31)51-28-32-13-7-4-8-14-32/h4-24,26,38-39H,25,27-30H2,1-3H3,(H,46,48)(H,47,50)/t38-,39-/m0/s1. The molecule has 5 aromatic carbocycles. The van der Waals surface area contributed by atoms with Gasteiger partial charge in [-0.15, -0.1) is 0 Å². The van der Waals surface area contributed by atoms with E-state index < -0.39 is 35.7 Å². The number of hydrogen-bond donors (Lipinski definition) is 2. The minimum atomic E-state index is -1.13. The van der Waals surface area contributed by atoms with Gasteiger partial charge < -0.3 is 29.6 Å². The number of rotatable bonds is 16. The van der Waals surface area contributed by atoms with Gasteiger partial charge in [0, 0.05) is 16.4 Å². The van der Waals surface area contributed by atoms with E-state index in [1.54, 1.807) is 20.8 Å². The lowest BCUT2D eigenvalue weighted by molar-refractivity contribution is -0.149. The van der Waals surface area contributed by atoms with Gasteiger partial charge in [-0.1, -0.05) is 103 Å². The predicted octanol–water partition coefficient (Wildman–Crippen LogP) is 8.36. The molecule has 2 amide bonds. The predicted molar refractivity (Wildman–Crippen MR) is 216 cm³/mol. The molecule has 0 fully saturated rings. The van der Waals surface area contributed by atoms with Gasteiger partial charge in [-0.3, -0.25) is 4.79 Å². The number of alkyl carbamates (subject to hydrolysis) is 1. The van der Waals surface area contributed by atoms with E-state index >= 15 is 0 Å². The normalized spacial score (nSPS) is 12.1. The molecule has 5 rings (SSSR count). The summed E-state index contributed by atoms with van der Waals surface area (Å²) in [6.07, 6.45) is -0.577. The molecule has 0 heterocycles. The van der Waals surface area contributed by atoms with Crippen LogP contribution in [0.2, 0.25) is 0 Å². The maximum atomic E-state index is 14.2. The van der Waals surface area contributed by atoms with Crippen LogP contribution in [0, 0.1) is 3.57 Å². The lowest BCUT2D eigenvalue weighted by Crippen LogP contribution is -2.54. The molecule has 2 N–H and O–H groups in total. The summed E-state index contributed by atoms with van der Waals surface area (Å²) in [5.41, 5.74) is 3.49. The van der Waals surface area contributed by atoms with Gasteiger partial charge in [0.2, 0.25) is 5.91 Å². The van der Waals surface area contributed by atoms with Crippen LogP contribution in [0.3, 0.4) is 0 Å². The van der Waals surface area contributed by atoms with Gasteiger partial charge in [-0.05, 0) is 102 Å². The number of amides is 2. The number of nitrogens with one attached hydrogen (secondary N) is 2. The second-order valence-electron chi connectivity index (χ2n) is 13.7. The first-order chi connectivity index (χ1) is 26.0. The van der Waals surface area contributed by atoms with Crippen molar-refractivity contribution in [1.82, 2.24) is 10.6 Å². The summed E-state index contributed by atoms with van der Waals surface area (Å²) in [5, 5.41) is 5.63. The first kappa shape index (κ1) is 39.8. The van der Waals surface area contributed by atoms with Crippen molar-refractivity contribution in [2.24, 2.45) is 0 Å². The molecule has 0 unspecified atom stereocenters. The zero-order chi connectivity index (χ0) is 38.3. The molecule has 54 heavy (non-hydrogen) atoms. The maximum Gasteiger partial charge on any atom is 0.408 e. The molecule has 0 bridgehead atoms. The SMILES string of the molecule is CC(C)(C)OC(=O)N[C@@H](Cc1cc(I)ccc1OCc1ccccc1)C(=O)N[C@@H](Cc1ccc(OCc2ccccc2)cc1)C(=O)OCc1ccccc1. The lowest BCUT2D eigenvalue weighted by Gasteiger charge is -2.26. The summed E-state index contributed by atoms with van der Waals surface area (Å²) in [4.78, 5) is 41.0. The molecular formula is C44H45IN2O7. The zero-order valence-corrected chi connectivity index (χ0v) is 32.8. The van der Waals surface area contributed by atoms with Gasteiger partial charge in [0.25, 0.3) is 0 Å². The molecule has 0 radical (unpaired) electrons. The van der Waals surface area contributed by atoms with Gasteiger partial charge in [0.1, 0.15) is 49.0 Å². The Morgan fingerprint density at radius 2 is 1.17 bits per heavy atom. The minimum absolute atomic E-state index is 0.0302. The van der Waals surface area contributed by atoms with E-state index in [1.807, 2.05) is 133 Å². The van der Waals surface area contributed by atoms with Crippen LogP contribution in [0.15, 0.2) is 133 Å². The molecule has 10 heteroatoms. The second-order valence-corrected chi connectivity index (χ2v) is 15.0. The number of hydrogen-bond acceptors (Lipinski definition) is 7. The molecule has 0 saturated carbocycles. The minimum Gasteiger partial charge on any atom is -0.489 e. The lowest BCUT2D eigenvalue weighted by atomic mass is 10.0. The molecule has 0 aliphatic heterocycles. The van der Waals surface area contributed by atoms with Crippen LogP contribution in [0.5, 0.6) is 11.5 Å². The molecular weight excluding hydrogens is 795 g/mol.